The number of carbonyl (C=O) groups excluding carboxylic acids is 4. The first-order valence-electron chi connectivity index (χ1n) is 10.2. The first-order chi connectivity index (χ1) is 16.3. The summed E-state index contributed by atoms with van der Waals surface area (Å²) < 4.78 is 31.0. The molecular formula is C24H16N2O7S. The third-order valence-corrected chi connectivity index (χ3v) is 7.41. The van der Waals surface area contributed by atoms with Crippen molar-refractivity contribution < 1.29 is 32.3 Å². The maximum absolute atomic E-state index is 13.1. The van der Waals surface area contributed by atoms with E-state index in [1.165, 1.54) is 41.3 Å². The van der Waals surface area contributed by atoms with Crippen LogP contribution in [0.1, 0.15) is 20.7 Å². The normalized spacial score (nSPS) is 15.4. The molecule has 3 amide bonds. The number of para-hydroxylation sites is 2. The number of ether oxygens (including phenoxy) is 1. The standard InChI is InChI=1S/C24H16N2O7S/c27-21(14-33-22(28)13-25-23(29)15-7-1-2-8-16(15)24(25)30)26-17-9-3-5-11-19(17)34(31,32)20-12-6-4-10-18(20)26/h1-12H,13-14H2. The van der Waals surface area contributed by atoms with Crippen LogP contribution >= 0.6 is 0 Å². The highest BCUT2D eigenvalue weighted by molar-refractivity contribution is 7.92. The molecule has 34 heavy (non-hydrogen) atoms. The Kier molecular flexibility index (Phi) is 5.02. The van der Waals surface area contributed by atoms with Crippen LogP contribution in [0.4, 0.5) is 11.4 Å². The average Bonchev–Trinajstić information content (AvgIpc) is 3.08. The molecule has 2 heterocycles. The van der Waals surface area contributed by atoms with Crippen molar-refractivity contribution in [2.24, 2.45) is 0 Å². The quantitative estimate of drug-likeness (QED) is 0.419. The molecule has 0 atom stereocenters. The highest BCUT2D eigenvalue weighted by atomic mass is 32.2. The van der Waals surface area contributed by atoms with Crippen molar-refractivity contribution in [2.75, 3.05) is 18.1 Å². The molecule has 0 N–H and O–H groups in total. The van der Waals surface area contributed by atoms with Gasteiger partial charge in [0.15, 0.2) is 6.61 Å². The van der Waals surface area contributed by atoms with Crippen molar-refractivity contribution in [2.45, 2.75) is 9.79 Å². The van der Waals surface area contributed by atoms with Gasteiger partial charge in [0.25, 0.3) is 17.7 Å². The minimum atomic E-state index is -3.84. The maximum Gasteiger partial charge on any atom is 0.326 e. The minimum Gasteiger partial charge on any atom is -0.454 e. The van der Waals surface area contributed by atoms with Crippen molar-refractivity contribution in [1.29, 1.82) is 0 Å². The summed E-state index contributed by atoms with van der Waals surface area (Å²) in [5.41, 5.74) is 0.670. The van der Waals surface area contributed by atoms with E-state index in [9.17, 15) is 27.6 Å². The zero-order chi connectivity index (χ0) is 24.0. The number of imide groups is 1. The van der Waals surface area contributed by atoms with E-state index in [1.54, 1.807) is 36.4 Å². The van der Waals surface area contributed by atoms with Gasteiger partial charge in [-0.05, 0) is 36.4 Å². The molecule has 2 aliphatic heterocycles. The lowest BCUT2D eigenvalue weighted by molar-refractivity contribution is -0.147. The third kappa shape index (κ3) is 3.27. The molecule has 0 aromatic heterocycles. The zero-order valence-corrected chi connectivity index (χ0v) is 18.3. The Bertz CT molecular complexity index is 1410. The van der Waals surface area contributed by atoms with Crippen molar-refractivity contribution in [3.05, 3.63) is 83.9 Å². The van der Waals surface area contributed by atoms with Gasteiger partial charge in [0.05, 0.1) is 32.3 Å². The molecule has 9 nitrogen and oxygen atoms in total. The maximum atomic E-state index is 13.1. The second-order valence-corrected chi connectivity index (χ2v) is 9.46. The number of carbonyl (C=O) groups is 4. The lowest BCUT2D eigenvalue weighted by Crippen LogP contribution is -2.38. The first-order valence-corrected chi connectivity index (χ1v) is 11.7. The molecule has 0 saturated heterocycles. The number of rotatable bonds is 4. The first kappa shape index (κ1) is 21.5. The summed E-state index contributed by atoms with van der Waals surface area (Å²) in [5.74, 6) is -2.87. The van der Waals surface area contributed by atoms with Crippen molar-refractivity contribution >= 4 is 44.9 Å². The van der Waals surface area contributed by atoms with Gasteiger partial charge in [0.1, 0.15) is 6.54 Å². The molecule has 0 bridgehead atoms. The van der Waals surface area contributed by atoms with E-state index in [1.807, 2.05) is 0 Å². The molecule has 2 aliphatic rings. The number of anilines is 2. The summed E-state index contributed by atoms with van der Waals surface area (Å²) in [5, 5.41) is 0. The summed E-state index contributed by atoms with van der Waals surface area (Å²) in [4.78, 5) is 52.2. The van der Waals surface area contributed by atoms with Crippen LogP contribution in [0, 0.1) is 0 Å². The highest BCUT2D eigenvalue weighted by Gasteiger charge is 2.38. The van der Waals surface area contributed by atoms with Gasteiger partial charge in [0, 0.05) is 0 Å². The number of fused-ring (bicyclic) bond motifs is 3. The van der Waals surface area contributed by atoms with Crippen molar-refractivity contribution in [3.63, 3.8) is 0 Å². The molecule has 0 radical (unpaired) electrons. The van der Waals surface area contributed by atoms with Gasteiger partial charge >= 0.3 is 5.97 Å². The van der Waals surface area contributed by atoms with Crippen molar-refractivity contribution in [3.8, 4) is 0 Å². The number of nitrogens with zero attached hydrogens (tertiary/aromatic N) is 2. The van der Waals surface area contributed by atoms with Crippen LogP contribution < -0.4 is 4.90 Å². The Balaban J connectivity index is 1.35. The highest BCUT2D eigenvalue weighted by Crippen LogP contribution is 2.43. The number of amides is 3. The zero-order valence-electron chi connectivity index (χ0n) is 17.5. The average molecular weight is 476 g/mol. The minimum absolute atomic E-state index is 0.0422. The summed E-state index contributed by atoms with van der Waals surface area (Å²) in [6.07, 6.45) is 0. The smallest absolute Gasteiger partial charge is 0.326 e. The number of hydrogen-bond acceptors (Lipinski definition) is 7. The van der Waals surface area contributed by atoms with Crippen molar-refractivity contribution in [1.82, 2.24) is 4.90 Å². The van der Waals surface area contributed by atoms with Crippen LogP contribution in [0.25, 0.3) is 0 Å². The fourth-order valence-corrected chi connectivity index (χ4v) is 5.64. The predicted octanol–water partition coefficient (Wildman–Crippen LogP) is 2.34. The molecule has 0 fully saturated rings. The summed E-state index contributed by atoms with van der Waals surface area (Å²) in [6.45, 7) is -1.37. The second-order valence-electron chi connectivity index (χ2n) is 7.57. The van der Waals surface area contributed by atoms with E-state index < -0.39 is 46.7 Å². The molecule has 5 rings (SSSR count). The Morgan fingerprint density at radius 2 is 1.21 bits per heavy atom. The fourth-order valence-electron chi connectivity index (χ4n) is 4.02. The Hall–Kier alpha value is -4.31. The topological polar surface area (TPSA) is 118 Å². The monoisotopic (exact) mass is 476 g/mol. The second kappa shape index (κ2) is 7.92. The Morgan fingerprint density at radius 3 is 1.74 bits per heavy atom. The van der Waals surface area contributed by atoms with Gasteiger partial charge in [-0.2, -0.15) is 0 Å². The van der Waals surface area contributed by atoms with Crippen LogP contribution in [0.2, 0.25) is 0 Å². The van der Waals surface area contributed by atoms with Crippen LogP contribution in [0.15, 0.2) is 82.6 Å². The third-order valence-electron chi connectivity index (χ3n) is 5.56. The molecule has 3 aromatic carbocycles. The van der Waals surface area contributed by atoms with Crippen LogP contribution in [-0.4, -0.2) is 50.2 Å². The predicted molar refractivity (Wildman–Crippen MR) is 118 cm³/mol. The Morgan fingerprint density at radius 1 is 0.735 bits per heavy atom. The molecule has 0 unspecified atom stereocenters. The van der Waals surface area contributed by atoms with Gasteiger partial charge in [-0.15, -0.1) is 0 Å². The molecule has 3 aromatic rings. The molecule has 0 aliphatic carbocycles. The summed E-state index contributed by atoms with van der Waals surface area (Å²) in [7, 11) is -3.84. The SMILES string of the molecule is O=C(CN1C(=O)c2ccccc2C1=O)OCC(=O)N1c2ccccc2S(=O)(=O)c2ccccc21. The molecule has 0 saturated carbocycles. The van der Waals surface area contributed by atoms with E-state index in [4.69, 9.17) is 4.74 Å². The number of benzene rings is 3. The van der Waals surface area contributed by atoms with E-state index in [-0.39, 0.29) is 32.3 Å². The number of esters is 1. The fraction of sp³-hybridized carbons (Fsp3) is 0.0833. The largest absolute Gasteiger partial charge is 0.454 e. The molecule has 170 valence electrons. The van der Waals surface area contributed by atoms with E-state index >= 15 is 0 Å². The molecule has 0 spiro atoms. The van der Waals surface area contributed by atoms with Gasteiger partial charge < -0.3 is 4.74 Å². The lowest BCUT2D eigenvalue weighted by atomic mass is 10.1. The molecule has 10 heteroatoms. The van der Waals surface area contributed by atoms with E-state index in [0.717, 1.165) is 4.90 Å². The number of hydrogen-bond donors (Lipinski definition) is 0. The summed E-state index contributed by atoms with van der Waals surface area (Å²) >= 11 is 0. The van der Waals surface area contributed by atoms with Gasteiger partial charge in [0.2, 0.25) is 9.84 Å². The van der Waals surface area contributed by atoms with Gasteiger partial charge in [-0.1, -0.05) is 36.4 Å². The van der Waals surface area contributed by atoms with E-state index in [0.29, 0.717) is 0 Å². The lowest BCUT2D eigenvalue weighted by Gasteiger charge is -2.31. The van der Waals surface area contributed by atoms with E-state index in [2.05, 4.69) is 0 Å². The Labute approximate surface area is 194 Å². The van der Waals surface area contributed by atoms with Gasteiger partial charge in [-0.3, -0.25) is 29.0 Å². The summed E-state index contributed by atoms with van der Waals surface area (Å²) in [6, 6.07) is 18.3. The van der Waals surface area contributed by atoms with Gasteiger partial charge in [-0.25, -0.2) is 8.42 Å². The molecular weight excluding hydrogens is 460 g/mol. The van der Waals surface area contributed by atoms with Crippen LogP contribution in [0.3, 0.4) is 0 Å². The van der Waals surface area contributed by atoms with Crippen LogP contribution in [-0.2, 0) is 24.2 Å². The van der Waals surface area contributed by atoms with Crippen LogP contribution in [0.5, 0.6) is 0 Å². The number of sulfone groups is 1.